The molecule has 69 heavy (non-hydrogen) atoms. The molecule has 0 unspecified atom stereocenters. The molecule has 19 heteroatoms. The van der Waals surface area contributed by atoms with Gasteiger partial charge in [0.05, 0.1) is 35.1 Å². The number of aryl methyl sites for hydroxylation is 1. The van der Waals surface area contributed by atoms with Gasteiger partial charge >= 0.3 is 12.1 Å². The molecule has 6 amide bonds. The average Bonchev–Trinajstić information content (AvgIpc) is 3.85. The number of benzene rings is 2. The summed E-state index contributed by atoms with van der Waals surface area (Å²) in [5.41, 5.74) is 2.48. The summed E-state index contributed by atoms with van der Waals surface area (Å²) in [6.45, 7) is 8.31. The Hall–Kier alpha value is -7.28. The van der Waals surface area contributed by atoms with Crippen LogP contribution in [0.15, 0.2) is 53.3 Å². The molecule has 0 saturated carbocycles. The van der Waals surface area contributed by atoms with E-state index in [0.717, 1.165) is 10.5 Å². The fourth-order valence-corrected chi connectivity index (χ4v) is 9.50. The number of hydrogen-bond donors (Lipinski definition) is 5. The summed E-state index contributed by atoms with van der Waals surface area (Å²) < 4.78 is 27.7. The molecule has 0 bridgehead atoms. The first-order chi connectivity index (χ1) is 32.9. The molecule has 0 radical (unpaired) electrons. The van der Waals surface area contributed by atoms with Gasteiger partial charge in [0.25, 0.3) is 17.4 Å². The highest BCUT2D eigenvalue weighted by molar-refractivity contribution is 6.12. The Kier molecular flexibility index (Phi) is 13.5. The Labute approximate surface area is 396 Å². The maximum absolute atomic E-state index is 15.4. The van der Waals surface area contributed by atoms with Crippen molar-refractivity contribution in [2.75, 3.05) is 11.9 Å². The fourth-order valence-electron chi connectivity index (χ4n) is 9.50. The molecule has 8 rings (SSSR count). The van der Waals surface area contributed by atoms with Gasteiger partial charge in [0.2, 0.25) is 17.7 Å². The third kappa shape index (κ3) is 9.34. The van der Waals surface area contributed by atoms with Crippen LogP contribution in [0.5, 0.6) is 0 Å². The maximum atomic E-state index is 15.4. The summed E-state index contributed by atoms with van der Waals surface area (Å²) >= 11 is 0. The molecule has 0 saturated heterocycles. The van der Waals surface area contributed by atoms with Crippen molar-refractivity contribution in [2.45, 2.75) is 123 Å². The van der Waals surface area contributed by atoms with Crippen LogP contribution in [0.25, 0.3) is 22.3 Å². The van der Waals surface area contributed by atoms with Crippen molar-refractivity contribution < 1.29 is 52.5 Å². The first kappa shape index (κ1) is 48.2. The van der Waals surface area contributed by atoms with E-state index in [0.29, 0.717) is 82.3 Å². The number of ether oxygens (including phenoxy) is 2. The topological polar surface area (TPSA) is 244 Å². The molecule has 2 aromatic heterocycles. The lowest BCUT2D eigenvalue weighted by Gasteiger charge is -2.31. The number of cyclic esters (lactones) is 1. The van der Waals surface area contributed by atoms with Gasteiger partial charge in [0, 0.05) is 53.4 Å². The number of pyridine rings is 2. The summed E-state index contributed by atoms with van der Waals surface area (Å²) in [6, 6.07) is 7.03. The summed E-state index contributed by atoms with van der Waals surface area (Å²) in [4.78, 5) is 109. The molecule has 1 aliphatic carbocycles. The van der Waals surface area contributed by atoms with Crippen LogP contribution in [0.1, 0.15) is 111 Å². The number of alkyl carbamates (subject to hydrolysis) is 1. The third-order valence-electron chi connectivity index (χ3n) is 13.5. The van der Waals surface area contributed by atoms with Crippen molar-refractivity contribution in [2.24, 2.45) is 5.92 Å². The minimum Gasteiger partial charge on any atom is -0.458 e. The molecule has 0 spiro atoms. The zero-order valence-electron chi connectivity index (χ0n) is 39.0. The van der Waals surface area contributed by atoms with E-state index in [4.69, 9.17) is 14.5 Å². The molecule has 2 aromatic carbocycles. The molecule has 4 atom stereocenters. The minimum atomic E-state index is -2.03. The van der Waals surface area contributed by atoms with Crippen molar-refractivity contribution >= 4 is 58.2 Å². The van der Waals surface area contributed by atoms with Crippen LogP contribution < -0.4 is 26.8 Å². The number of anilines is 1. The first-order valence-corrected chi connectivity index (χ1v) is 23.2. The van der Waals surface area contributed by atoms with E-state index < -0.39 is 59.0 Å². The number of halogens is 1. The Morgan fingerprint density at radius 3 is 2.38 bits per heavy atom. The van der Waals surface area contributed by atoms with Crippen molar-refractivity contribution in [1.29, 1.82) is 0 Å². The Balaban J connectivity index is 0.867. The lowest BCUT2D eigenvalue weighted by Crippen LogP contribution is -2.53. The fraction of sp³-hybridized carbons (Fsp3) is 0.420. The first-order valence-electron chi connectivity index (χ1n) is 23.2. The number of rotatable bonds is 16. The Morgan fingerprint density at radius 2 is 1.68 bits per heavy atom. The molecule has 362 valence electrons. The summed E-state index contributed by atoms with van der Waals surface area (Å²) in [6.07, 6.45) is 4.31. The van der Waals surface area contributed by atoms with Gasteiger partial charge in [-0.05, 0) is 92.3 Å². The number of carbonyl (C=O) groups is 7. The second-order valence-corrected chi connectivity index (χ2v) is 18.3. The number of aromatic nitrogens is 2. The Morgan fingerprint density at radius 1 is 0.957 bits per heavy atom. The number of imide groups is 1. The predicted octanol–water partition coefficient (Wildman–Crippen LogP) is 4.51. The smallest absolute Gasteiger partial charge is 0.407 e. The van der Waals surface area contributed by atoms with Gasteiger partial charge in [-0.25, -0.2) is 19.0 Å². The highest BCUT2D eigenvalue weighted by Crippen LogP contribution is 2.46. The summed E-state index contributed by atoms with van der Waals surface area (Å²) in [5, 5.41) is 23.2. The zero-order chi connectivity index (χ0) is 49.5. The highest BCUT2D eigenvalue weighted by atomic mass is 19.1. The molecular formula is C50H54FN7O11. The van der Waals surface area contributed by atoms with Gasteiger partial charge in [0.15, 0.2) is 5.60 Å². The van der Waals surface area contributed by atoms with Crippen LogP contribution in [0.3, 0.4) is 0 Å². The van der Waals surface area contributed by atoms with Crippen LogP contribution in [0.4, 0.5) is 14.9 Å². The molecule has 5 N–H and O–H groups in total. The number of carbonyl (C=O) groups excluding carboxylic acids is 7. The minimum absolute atomic E-state index is 0.0291. The number of hydrogen-bond acceptors (Lipinski definition) is 12. The lowest BCUT2D eigenvalue weighted by atomic mass is 9.81. The largest absolute Gasteiger partial charge is 0.458 e. The number of unbranched alkanes of at least 4 members (excludes halogenated alkanes) is 2. The average molecular weight is 948 g/mol. The van der Waals surface area contributed by atoms with Crippen molar-refractivity contribution in [3.8, 4) is 11.4 Å². The normalized spacial score (nSPS) is 18.6. The quantitative estimate of drug-likeness (QED) is 0.0522. The molecule has 0 fully saturated rings. The third-order valence-corrected chi connectivity index (χ3v) is 13.5. The SMILES string of the molecule is CC[C@@]1(O)C(=O)OCc2c1cc1n(c2=O)Cc2c-1nc1cc(F)c(C)c3c1c2[C@@H](NC(=O)OCc1ccc(NC(=O)[C@@H](C)NC(=O)[C@H](NC(=O)CCCCCN2C(=O)C=CC2=O)C(C)C)cc1)CC3. The number of nitrogens with one attached hydrogen (secondary N) is 4. The molecule has 3 aliphatic heterocycles. The second-order valence-electron chi connectivity index (χ2n) is 18.3. The molecule has 5 heterocycles. The maximum Gasteiger partial charge on any atom is 0.407 e. The van der Waals surface area contributed by atoms with Gasteiger partial charge in [-0.1, -0.05) is 39.3 Å². The number of aliphatic hydroxyl groups is 1. The van der Waals surface area contributed by atoms with Crippen molar-refractivity contribution in [3.05, 3.63) is 104 Å². The van der Waals surface area contributed by atoms with Gasteiger partial charge in [0.1, 0.15) is 31.1 Å². The van der Waals surface area contributed by atoms with Crippen LogP contribution in [-0.4, -0.2) is 79.8 Å². The van der Waals surface area contributed by atoms with Crippen LogP contribution >= 0.6 is 0 Å². The van der Waals surface area contributed by atoms with Gasteiger partial charge < -0.3 is 40.4 Å². The number of fused-ring (bicyclic) bond motifs is 5. The highest BCUT2D eigenvalue weighted by Gasteiger charge is 2.46. The van der Waals surface area contributed by atoms with Gasteiger partial charge in [-0.3, -0.25) is 33.7 Å². The second kappa shape index (κ2) is 19.4. The number of nitrogens with zero attached hydrogens (tertiary/aromatic N) is 3. The molecule has 4 aromatic rings. The van der Waals surface area contributed by atoms with E-state index in [1.807, 2.05) is 0 Å². The summed E-state index contributed by atoms with van der Waals surface area (Å²) in [5.74, 6) is -3.64. The summed E-state index contributed by atoms with van der Waals surface area (Å²) in [7, 11) is 0. The van der Waals surface area contributed by atoms with Crippen molar-refractivity contribution in [3.63, 3.8) is 0 Å². The monoisotopic (exact) mass is 947 g/mol. The number of esters is 1. The Bertz CT molecular complexity index is 2890. The van der Waals surface area contributed by atoms with Crippen molar-refractivity contribution in [1.82, 2.24) is 30.4 Å². The van der Waals surface area contributed by atoms with E-state index in [1.165, 1.54) is 29.7 Å². The van der Waals surface area contributed by atoms with Crippen LogP contribution in [0, 0.1) is 18.7 Å². The van der Waals surface area contributed by atoms with E-state index in [-0.39, 0.29) is 73.9 Å². The van der Waals surface area contributed by atoms with E-state index in [1.54, 1.807) is 58.0 Å². The van der Waals surface area contributed by atoms with Gasteiger partial charge in [-0.2, -0.15) is 0 Å². The van der Waals surface area contributed by atoms with Gasteiger partial charge in [-0.15, -0.1) is 0 Å². The molecular weight excluding hydrogens is 894 g/mol. The molecule has 18 nitrogen and oxygen atoms in total. The standard InChI is InChI=1S/C50H54FN7O11/c1-6-50(67)33-20-37-44-31(22-58(37)47(64)32(33)24-68-48(50)65)42-35(16-15-30-26(4)34(51)21-36(54-44)41(30)42)55-49(66)69-23-28-11-13-29(14-12-28)53-45(62)27(5)52-46(63)43(25(2)3)56-38(59)10-8-7-9-19-57-39(60)17-18-40(57)61/h11-14,17-18,20-21,25,27,35,43,67H,6-10,15-16,19,22-24H2,1-5H3,(H,52,63)(H,53,62)(H,55,66)(H,56,59)/t27-,35+,43-,50+/m1/s1. The molecule has 4 aliphatic rings. The van der Waals surface area contributed by atoms with Crippen LogP contribution in [-0.2, 0) is 70.0 Å². The van der Waals surface area contributed by atoms with E-state index in [9.17, 15) is 43.5 Å². The predicted molar refractivity (Wildman–Crippen MR) is 247 cm³/mol. The number of amides is 6. The van der Waals surface area contributed by atoms with E-state index in [2.05, 4.69) is 21.3 Å². The lowest BCUT2D eigenvalue weighted by molar-refractivity contribution is -0.172. The van der Waals surface area contributed by atoms with E-state index >= 15 is 4.39 Å². The zero-order valence-corrected chi connectivity index (χ0v) is 39.0. The van der Waals surface area contributed by atoms with Crippen LogP contribution in [0.2, 0.25) is 0 Å².